The van der Waals surface area contributed by atoms with E-state index in [0.717, 1.165) is 18.4 Å². The Labute approximate surface area is 242 Å². The molecule has 1 fully saturated rings. The molecule has 0 spiro atoms. The number of hydrogen-bond acceptors (Lipinski definition) is 9. The minimum atomic E-state index is -1.10. The molecule has 1 aliphatic carbocycles. The van der Waals surface area contributed by atoms with Gasteiger partial charge in [0.1, 0.15) is 18.7 Å². The highest BCUT2D eigenvalue weighted by Gasteiger charge is 2.33. The van der Waals surface area contributed by atoms with Crippen LogP contribution in [0.25, 0.3) is 0 Å². The fourth-order valence-corrected chi connectivity index (χ4v) is 3.78. The first-order valence-corrected chi connectivity index (χ1v) is 14.2. The van der Waals surface area contributed by atoms with E-state index in [1.807, 2.05) is 51.1 Å². The summed E-state index contributed by atoms with van der Waals surface area (Å²) in [7, 11) is 1.37. The zero-order valence-electron chi connectivity index (χ0n) is 24.5. The van der Waals surface area contributed by atoms with E-state index in [9.17, 15) is 19.2 Å². The number of methoxy groups -OCH3 is 1. The van der Waals surface area contributed by atoms with Crippen LogP contribution in [0.1, 0.15) is 45.6 Å². The lowest BCUT2D eigenvalue weighted by Crippen LogP contribution is -2.55. The number of amides is 3. The van der Waals surface area contributed by atoms with Crippen molar-refractivity contribution in [2.45, 2.75) is 70.9 Å². The van der Waals surface area contributed by atoms with Gasteiger partial charge in [-0.05, 0) is 37.7 Å². The van der Waals surface area contributed by atoms with Crippen LogP contribution >= 0.6 is 0 Å². The van der Waals surface area contributed by atoms with Gasteiger partial charge in [0.05, 0.1) is 26.4 Å². The number of hydrogen-bond donors (Lipinski definition) is 3. The molecule has 3 amide bonds. The van der Waals surface area contributed by atoms with Crippen LogP contribution in [-0.4, -0.2) is 94.9 Å². The number of Topliss-reactive ketones (excluding diaryl/α,β-unsaturated/α-hetero) is 1. The van der Waals surface area contributed by atoms with Gasteiger partial charge < -0.3 is 39.6 Å². The minimum Gasteiger partial charge on any atom is -0.417 e. The number of nitrogens with one attached hydrogen (secondary N) is 3. The molecule has 230 valence electrons. The first-order chi connectivity index (χ1) is 19.7. The van der Waals surface area contributed by atoms with Crippen molar-refractivity contribution in [1.82, 2.24) is 16.0 Å². The fourth-order valence-electron chi connectivity index (χ4n) is 3.78. The molecular formula is C29H45N3O9. The number of alkyl carbamates (subject to hydrolysis) is 1. The van der Waals surface area contributed by atoms with Crippen LogP contribution < -0.4 is 16.0 Å². The molecule has 12 heteroatoms. The molecule has 1 unspecified atom stereocenters. The van der Waals surface area contributed by atoms with Gasteiger partial charge >= 0.3 is 6.09 Å². The van der Waals surface area contributed by atoms with Crippen molar-refractivity contribution in [2.75, 3.05) is 46.8 Å². The predicted octanol–water partition coefficient (Wildman–Crippen LogP) is 1.74. The topological polar surface area (TPSA) is 151 Å². The van der Waals surface area contributed by atoms with Gasteiger partial charge in [-0.15, -0.1) is 0 Å². The third-order valence-corrected chi connectivity index (χ3v) is 6.07. The van der Waals surface area contributed by atoms with Gasteiger partial charge in [0.25, 0.3) is 5.91 Å². The minimum absolute atomic E-state index is 0.00437. The lowest BCUT2D eigenvalue weighted by molar-refractivity contribution is -0.140. The van der Waals surface area contributed by atoms with Crippen molar-refractivity contribution < 1.29 is 42.9 Å². The quantitative estimate of drug-likeness (QED) is 0.112. The maximum atomic E-state index is 13.3. The molecule has 0 heterocycles. The average Bonchev–Trinajstić information content (AvgIpc) is 3.76. The smallest absolute Gasteiger partial charge is 0.410 e. The summed E-state index contributed by atoms with van der Waals surface area (Å²) in [5.41, 5.74) is 0.778. The average molecular weight is 580 g/mol. The second-order valence-electron chi connectivity index (χ2n) is 10.1. The SMILES string of the molecule is CCOCCOCCOCC(OC)OC(=O)N[C@@H](CC(C)C)C(=O)N[C@@H](Cc1ccccc1)C(=O)C(=O)NC1CC1. The molecular weight excluding hydrogens is 534 g/mol. The van der Waals surface area contributed by atoms with Crippen LogP contribution in [0.4, 0.5) is 4.79 Å². The molecule has 1 aromatic rings. The molecule has 12 nitrogen and oxygen atoms in total. The molecule has 2 rings (SSSR count). The van der Waals surface area contributed by atoms with Crippen LogP contribution in [0.15, 0.2) is 30.3 Å². The number of carbonyl (C=O) groups is 4. The molecule has 0 aliphatic heterocycles. The molecule has 3 N–H and O–H groups in total. The summed E-state index contributed by atoms with van der Waals surface area (Å²) in [6.07, 6.45) is 0.154. The Hall–Kier alpha value is -3.06. The first-order valence-electron chi connectivity index (χ1n) is 14.2. The Morgan fingerprint density at radius 3 is 2.17 bits per heavy atom. The summed E-state index contributed by atoms with van der Waals surface area (Å²) in [5, 5.41) is 7.93. The molecule has 0 bridgehead atoms. The number of ether oxygens (including phenoxy) is 5. The van der Waals surface area contributed by atoms with Crippen LogP contribution in [-0.2, 0) is 44.5 Å². The fraction of sp³-hybridized carbons (Fsp3) is 0.655. The van der Waals surface area contributed by atoms with Gasteiger partial charge in [-0.2, -0.15) is 0 Å². The van der Waals surface area contributed by atoms with Crippen molar-refractivity contribution in [3.8, 4) is 0 Å². The van der Waals surface area contributed by atoms with E-state index in [4.69, 9.17) is 23.7 Å². The van der Waals surface area contributed by atoms with Crippen molar-refractivity contribution in [1.29, 1.82) is 0 Å². The maximum absolute atomic E-state index is 13.3. The largest absolute Gasteiger partial charge is 0.417 e. The van der Waals surface area contributed by atoms with Crippen molar-refractivity contribution >= 4 is 23.7 Å². The number of benzene rings is 1. The van der Waals surface area contributed by atoms with E-state index in [1.54, 1.807) is 0 Å². The van der Waals surface area contributed by atoms with Crippen molar-refractivity contribution in [2.24, 2.45) is 5.92 Å². The van der Waals surface area contributed by atoms with Gasteiger partial charge in [-0.1, -0.05) is 44.2 Å². The van der Waals surface area contributed by atoms with Crippen LogP contribution in [0.3, 0.4) is 0 Å². The first kappa shape index (κ1) is 34.1. The summed E-state index contributed by atoms with van der Waals surface area (Å²) < 4.78 is 26.5. The van der Waals surface area contributed by atoms with Gasteiger partial charge in [0.2, 0.25) is 18.0 Å². The summed E-state index contributed by atoms with van der Waals surface area (Å²) in [4.78, 5) is 51.6. The molecule has 0 saturated heterocycles. The summed E-state index contributed by atoms with van der Waals surface area (Å²) in [6, 6.07) is 6.96. The molecule has 3 atom stereocenters. The molecule has 1 saturated carbocycles. The van der Waals surface area contributed by atoms with E-state index in [0.29, 0.717) is 26.4 Å². The highest BCUT2D eigenvalue weighted by molar-refractivity contribution is 6.38. The van der Waals surface area contributed by atoms with Crippen LogP contribution in [0.5, 0.6) is 0 Å². The Kier molecular flexibility index (Phi) is 15.9. The van der Waals surface area contributed by atoms with E-state index < -0.39 is 42.1 Å². The number of rotatable bonds is 21. The lowest BCUT2D eigenvalue weighted by atomic mass is 9.99. The summed E-state index contributed by atoms with van der Waals surface area (Å²) in [6.45, 7) is 7.83. The monoisotopic (exact) mass is 579 g/mol. The number of ketones is 1. The Bertz CT molecular complexity index is 941. The molecule has 0 radical (unpaired) electrons. The standard InChI is InChI=1S/C29H45N3O9/c1-5-38-13-14-39-15-16-40-19-25(37-4)41-29(36)32-24(17-20(2)3)27(34)31-23(18-21-9-7-6-8-10-21)26(33)28(35)30-22-11-12-22/h6-10,20,22-25H,5,11-19H2,1-4H3,(H,30,35)(H,31,34)(H,32,36)/t23-,24-,25?/m0/s1. The van der Waals surface area contributed by atoms with Gasteiger partial charge in [0, 0.05) is 26.2 Å². The van der Waals surface area contributed by atoms with Crippen LogP contribution in [0, 0.1) is 5.92 Å². The summed E-state index contributed by atoms with van der Waals surface area (Å²) in [5.74, 6) is -2.04. The second-order valence-corrected chi connectivity index (χ2v) is 10.1. The Morgan fingerprint density at radius 2 is 1.56 bits per heavy atom. The normalized spacial score (nSPS) is 15.0. The predicted molar refractivity (Wildman–Crippen MR) is 150 cm³/mol. The zero-order valence-corrected chi connectivity index (χ0v) is 24.5. The Balaban J connectivity index is 1.94. The molecule has 0 aromatic heterocycles. The third-order valence-electron chi connectivity index (χ3n) is 6.07. The highest BCUT2D eigenvalue weighted by Crippen LogP contribution is 2.18. The lowest BCUT2D eigenvalue weighted by Gasteiger charge is -2.24. The van der Waals surface area contributed by atoms with E-state index in [1.165, 1.54) is 7.11 Å². The summed E-state index contributed by atoms with van der Waals surface area (Å²) >= 11 is 0. The highest BCUT2D eigenvalue weighted by atomic mass is 16.7. The van der Waals surface area contributed by atoms with Gasteiger partial charge in [-0.3, -0.25) is 14.4 Å². The van der Waals surface area contributed by atoms with Crippen molar-refractivity contribution in [3.63, 3.8) is 0 Å². The van der Waals surface area contributed by atoms with E-state index >= 15 is 0 Å². The van der Waals surface area contributed by atoms with Gasteiger partial charge in [0.15, 0.2) is 0 Å². The van der Waals surface area contributed by atoms with E-state index in [-0.39, 0.29) is 38.0 Å². The maximum Gasteiger partial charge on any atom is 0.410 e. The third kappa shape index (κ3) is 14.4. The zero-order chi connectivity index (χ0) is 30.0. The molecule has 1 aliphatic rings. The number of carbonyl (C=O) groups excluding carboxylic acids is 4. The van der Waals surface area contributed by atoms with Crippen LogP contribution in [0.2, 0.25) is 0 Å². The second kappa shape index (κ2) is 19.1. The molecule has 41 heavy (non-hydrogen) atoms. The molecule has 1 aromatic carbocycles. The van der Waals surface area contributed by atoms with Gasteiger partial charge in [-0.25, -0.2) is 4.79 Å². The van der Waals surface area contributed by atoms with E-state index in [2.05, 4.69) is 16.0 Å². The Morgan fingerprint density at radius 1 is 0.902 bits per heavy atom. The van der Waals surface area contributed by atoms with Crippen molar-refractivity contribution in [3.05, 3.63) is 35.9 Å².